The van der Waals surface area contributed by atoms with E-state index in [-0.39, 0.29) is 6.10 Å². The van der Waals surface area contributed by atoms with Gasteiger partial charge in [-0.15, -0.1) is 0 Å². The number of hydrogen-bond donors (Lipinski definition) is 1. The first-order chi connectivity index (χ1) is 9.74. The van der Waals surface area contributed by atoms with Crippen LogP contribution in [-0.4, -0.2) is 59.5 Å². The number of fused-ring (bicyclic) bond motifs is 1. The summed E-state index contributed by atoms with van der Waals surface area (Å²) < 4.78 is 5.91. The van der Waals surface area contributed by atoms with Crippen LogP contribution in [0.1, 0.15) is 12.8 Å². The molecule has 0 aliphatic carbocycles. The standard InChI is InChI=1S/C13H19ClN4OS/c1-20-13-16-11(14)5-12(17-13)15-6-10-7-18-4-2-3-9(18)8-19-10/h5,9-10H,2-4,6-8H2,1H3,(H,15,16,17). The van der Waals surface area contributed by atoms with E-state index in [9.17, 15) is 0 Å². The van der Waals surface area contributed by atoms with Crippen molar-refractivity contribution in [3.63, 3.8) is 0 Å². The van der Waals surface area contributed by atoms with Crippen LogP contribution in [0.2, 0.25) is 5.15 Å². The number of ether oxygens (including phenoxy) is 1. The quantitative estimate of drug-likeness (QED) is 0.522. The van der Waals surface area contributed by atoms with Gasteiger partial charge in [-0.05, 0) is 25.6 Å². The van der Waals surface area contributed by atoms with E-state index in [0.29, 0.717) is 16.4 Å². The first kappa shape index (κ1) is 14.4. The molecule has 110 valence electrons. The minimum Gasteiger partial charge on any atom is -0.373 e. The van der Waals surface area contributed by atoms with Crippen LogP contribution in [0.25, 0.3) is 0 Å². The smallest absolute Gasteiger partial charge is 0.190 e. The average molecular weight is 315 g/mol. The van der Waals surface area contributed by atoms with Gasteiger partial charge >= 0.3 is 0 Å². The average Bonchev–Trinajstić information content (AvgIpc) is 2.92. The van der Waals surface area contributed by atoms with E-state index in [2.05, 4.69) is 20.2 Å². The molecule has 5 nitrogen and oxygen atoms in total. The molecule has 0 spiro atoms. The van der Waals surface area contributed by atoms with Crippen molar-refractivity contribution in [1.82, 2.24) is 14.9 Å². The molecular weight excluding hydrogens is 296 g/mol. The summed E-state index contributed by atoms with van der Waals surface area (Å²) in [4.78, 5) is 11.1. The molecule has 3 rings (SSSR count). The fourth-order valence-electron chi connectivity index (χ4n) is 2.81. The molecule has 2 aliphatic heterocycles. The summed E-state index contributed by atoms with van der Waals surface area (Å²) >= 11 is 7.46. The molecule has 1 aromatic rings. The normalized spacial score (nSPS) is 26.5. The molecule has 1 N–H and O–H groups in total. The lowest BCUT2D eigenvalue weighted by Gasteiger charge is -2.35. The van der Waals surface area contributed by atoms with Gasteiger partial charge in [0.2, 0.25) is 0 Å². The predicted octanol–water partition coefficient (Wildman–Crippen LogP) is 2.13. The Morgan fingerprint density at radius 2 is 2.45 bits per heavy atom. The molecule has 2 saturated heterocycles. The summed E-state index contributed by atoms with van der Waals surface area (Å²) in [5.74, 6) is 0.765. The van der Waals surface area contributed by atoms with Crippen LogP contribution < -0.4 is 5.32 Å². The van der Waals surface area contributed by atoms with Crippen LogP contribution in [0.4, 0.5) is 5.82 Å². The van der Waals surface area contributed by atoms with E-state index < -0.39 is 0 Å². The van der Waals surface area contributed by atoms with Gasteiger partial charge in [0.05, 0.1) is 12.7 Å². The van der Waals surface area contributed by atoms with Gasteiger partial charge in [-0.1, -0.05) is 23.4 Å². The summed E-state index contributed by atoms with van der Waals surface area (Å²) in [7, 11) is 0. The Morgan fingerprint density at radius 3 is 3.30 bits per heavy atom. The highest BCUT2D eigenvalue weighted by Crippen LogP contribution is 2.23. The van der Waals surface area contributed by atoms with Crippen molar-refractivity contribution in [3.8, 4) is 0 Å². The minimum absolute atomic E-state index is 0.218. The molecular formula is C13H19ClN4OS. The highest BCUT2D eigenvalue weighted by molar-refractivity contribution is 7.98. The van der Waals surface area contributed by atoms with Crippen molar-refractivity contribution >= 4 is 29.2 Å². The third-order valence-corrected chi connectivity index (χ3v) is 4.57. The van der Waals surface area contributed by atoms with Crippen LogP contribution in [0, 0.1) is 0 Å². The Morgan fingerprint density at radius 1 is 1.55 bits per heavy atom. The zero-order chi connectivity index (χ0) is 13.9. The number of nitrogens with one attached hydrogen (secondary N) is 1. The SMILES string of the molecule is CSc1nc(Cl)cc(NCC2CN3CCCC3CO2)n1. The second kappa shape index (κ2) is 6.47. The number of morpholine rings is 1. The van der Waals surface area contributed by atoms with Gasteiger partial charge in [0.1, 0.15) is 11.0 Å². The Bertz CT molecular complexity index is 476. The second-order valence-electron chi connectivity index (χ2n) is 5.19. The molecule has 0 radical (unpaired) electrons. The maximum Gasteiger partial charge on any atom is 0.190 e. The van der Waals surface area contributed by atoms with Gasteiger partial charge in [-0.3, -0.25) is 4.90 Å². The minimum atomic E-state index is 0.218. The van der Waals surface area contributed by atoms with Crippen molar-refractivity contribution < 1.29 is 4.74 Å². The maximum absolute atomic E-state index is 5.98. The third-order valence-electron chi connectivity index (χ3n) is 3.83. The lowest BCUT2D eigenvalue weighted by atomic mass is 10.2. The topological polar surface area (TPSA) is 50.3 Å². The molecule has 0 amide bonds. The molecule has 0 bridgehead atoms. The van der Waals surface area contributed by atoms with Crippen molar-refractivity contribution in [2.75, 3.05) is 37.8 Å². The van der Waals surface area contributed by atoms with Crippen molar-refractivity contribution in [3.05, 3.63) is 11.2 Å². The first-order valence-corrected chi connectivity index (χ1v) is 8.53. The van der Waals surface area contributed by atoms with E-state index in [1.54, 1.807) is 6.07 Å². The van der Waals surface area contributed by atoms with Gasteiger partial charge in [0.25, 0.3) is 0 Å². The molecule has 1 aromatic heterocycles. The number of anilines is 1. The fourth-order valence-corrected chi connectivity index (χ4v) is 3.42. The Balaban J connectivity index is 1.55. The lowest BCUT2D eigenvalue weighted by molar-refractivity contribution is -0.0416. The number of halogens is 1. The van der Waals surface area contributed by atoms with Crippen LogP contribution in [0.3, 0.4) is 0 Å². The Kier molecular flexibility index (Phi) is 4.65. The number of thioether (sulfide) groups is 1. The molecule has 2 unspecified atom stereocenters. The summed E-state index contributed by atoms with van der Waals surface area (Å²) in [6.07, 6.45) is 4.73. The van der Waals surface area contributed by atoms with Crippen LogP contribution >= 0.6 is 23.4 Å². The molecule has 7 heteroatoms. The Labute approximate surface area is 128 Å². The van der Waals surface area contributed by atoms with Gasteiger partial charge in [-0.25, -0.2) is 9.97 Å². The fraction of sp³-hybridized carbons (Fsp3) is 0.692. The summed E-state index contributed by atoms with van der Waals surface area (Å²) in [6, 6.07) is 2.39. The predicted molar refractivity (Wildman–Crippen MR) is 81.6 cm³/mol. The van der Waals surface area contributed by atoms with Crippen LogP contribution in [0.15, 0.2) is 11.2 Å². The number of nitrogens with zero attached hydrogens (tertiary/aromatic N) is 3. The summed E-state index contributed by atoms with van der Waals surface area (Å²) in [6.45, 7) is 3.82. The first-order valence-electron chi connectivity index (χ1n) is 6.92. The van der Waals surface area contributed by atoms with Crippen molar-refractivity contribution in [2.45, 2.75) is 30.1 Å². The second-order valence-corrected chi connectivity index (χ2v) is 6.35. The molecule has 2 fully saturated rings. The van der Waals surface area contributed by atoms with E-state index in [0.717, 1.165) is 25.5 Å². The molecule has 20 heavy (non-hydrogen) atoms. The van der Waals surface area contributed by atoms with Gasteiger partial charge in [-0.2, -0.15) is 0 Å². The van der Waals surface area contributed by atoms with Gasteiger partial charge < -0.3 is 10.1 Å². The van der Waals surface area contributed by atoms with Gasteiger partial charge in [0.15, 0.2) is 5.16 Å². The number of rotatable bonds is 4. The molecule has 3 heterocycles. The number of hydrogen-bond acceptors (Lipinski definition) is 6. The molecule has 0 saturated carbocycles. The molecule has 2 aliphatic rings. The monoisotopic (exact) mass is 314 g/mol. The summed E-state index contributed by atoms with van der Waals surface area (Å²) in [5.41, 5.74) is 0. The van der Waals surface area contributed by atoms with Crippen LogP contribution in [0.5, 0.6) is 0 Å². The van der Waals surface area contributed by atoms with E-state index >= 15 is 0 Å². The van der Waals surface area contributed by atoms with Gasteiger partial charge in [0, 0.05) is 25.2 Å². The van der Waals surface area contributed by atoms with Crippen molar-refractivity contribution in [2.24, 2.45) is 0 Å². The lowest BCUT2D eigenvalue weighted by Crippen LogP contribution is -2.48. The molecule has 2 atom stereocenters. The van der Waals surface area contributed by atoms with E-state index in [1.165, 1.54) is 31.1 Å². The zero-order valence-electron chi connectivity index (χ0n) is 11.5. The van der Waals surface area contributed by atoms with Crippen LogP contribution in [-0.2, 0) is 4.74 Å². The zero-order valence-corrected chi connectivity index (χ0v) is 13.1. The van der Waals surface area contributed by atoms with Crippen molar-refractivity contribution in [1.29, 1.82) is 0 Å². The maximum atomic E-state index is 5.98. The van der Waals surface area contributed by atoms with E-state index in [4.69, 9.17) is 16.3 Å². The third kappa shape index (κ3) is 3.36. The van der Waals surface area contributed by atoms with E-state index in [1.807, 2.05) is 6.26 Å². The highest BCUT2D eigenvalue weighted by Gasteiger charge is 2.31. The largest absolute Gasteiger partial charge is 0.373 e. The number of aromatic nitrogens is 2. The Hall–Kier alpha value is -0.560. The molecule has 0 aromatic carbocycles. The summed E-state index contributed by atoms with van der Waals surface area (Å²) in [5, 5.41) is 4.46. The highest BCUT2D eigenvalue weighted by atomic mass is 35.5.